The van der Waals surface area contributed by atoms with E-state index in [-0.39, 0.29) is 31.2 Å². The summed E-state index contributed by atoms with van der Waals surface area (Å²) in [5, 5.41) is -0.570. The van der Waals surface area contributed by atoms with Crippen LogP contribution in [0.1, 0.15) is 19.8 Å². The number of carbonyl (C=O) groups is 1. The zero-order chi connectivity index (χ0) is 14.0. The van der Waals surface area contributed by atoms with Gasteiger partial charge in [0.1, 0.15) is 5.78 Å². The number of aromatic nitrogens is 1. The summed E-state index contributed by atoms with van der Waals surface area (Å²) >= 11 is 0. The summed E-state index contributed by atoms with van der Waals surface area (Å²) in [5.41, 5.74) is 0. The van der Waals surface area contributed by atoms with E-state index in [0.717, 1.165) is 10.4 Å². The first-order chi connectivity index (χ1) is 8.96. The smallest absolute Gasteiger partial charge is 0.263 e. The number of pyridine rings is 1. The van der Waals surface area contributed by atoms with Crippen LogP contribution in [0.25, 0.3) is 0 Å². The average Bonchev–Trinajstić information content (AvgIpc) is 2.39. The fourth-order valence-corrected chi connectivity index (χ4v) is 3.60. The van der Waals surface area contributed by atoms with Crippen molar-refractivity contribution in [3.05, 3.63) is 24.1 Å². The molecule has 0 saturated carbocycles. The number of sulfonamides is 1. The van der Waals surface area contributed by atoms with Crippen LogP contribution in [-0.4, -0.2) is 36.6 Å². The van der Waals surface area contributed by atoms with Gasteiger partial charge in [-0.15, -0.1) is 0 Å². The third-order valence-electron chi connectivity index (χ3n) is 3.29. The van der Waals surface area contributed by atoms with Crippen LogP contribution in [0.15, 0.2) is 23.4 Å². The zero-order valence-corrected chi connectivity index (χ0v) is 11.4. The zero-order valence-electron chi connectivity index (χ0n) is 10.5. The molecule has 7 heteroatoms. The summed E-state index contributed by atoms with van der Waals surface area (Å²) in [5.74, 6) is -1.11. The van der Waals surface area contributed by atoms with Crippen LogP contribution in [0, 0.1) is 11.7 Å². The van der Waals surface area contributed by atoms with Crippen molar-refractivity contribution < 1.29 is 17.6 Å². The lowest BCUT2D eigenvalue weighted by molar-refractivity contribution is -0.125. The van der Waals surface area contributed by atoms with Crippen molar-refractivity contribution >= 4 is 15.8 Å². The number of hydrogen-bond donors (Lipinski definition) is 0. The van der Waals surface area contributed by atoms with Gasteiger partial charge in [-0.05, 0) is 18.6 Å². The number of Topliss-reactive ketones (excluding diaryl/α,β-unsaturated/α-hetero) is 1. The highest BCUT2D eigenvalue weighted by molar-refractivity contribution is 7.89. The van der Waals surface area contributed by atoms with Gasteiger partial charge < -0.3 is 0 Å². The van der Waals surface area contributed by atoms with Gasteiger partial charge in [0.15, 0.2) is 5.82 Å². The van der Waals surface area contributed by atoms with Crippen molar-refractivity contribution in [2.75, 3.05) is 13.1 Å². The summed E-state index contributed by atoms with van der Waals surface area (Å²) in [6, 6.07) is 2.40. The second-order valence-electron chi connectivity index (χ2n) is 4.47. The fraction of sp³-hybridized carbons (Fsp3) is 0.500. The molecule has 0 bridgehead atoms. The number of rotatable bonds is 3. The van der Waals surface area contributed by atoms with Crippen LogP contribution in [0.2, 0.25) is 0 Å². The van der Waals surface area contributed by atoms with Gasteiger partial charge in [-0.1, -0.05) is 6.92 Å². The number of carbonyl (C=O) groups excluding carboxylic acids is 1. The van der Waals surface area contributed by atoms with E-state index in [4.69, 9.17) is 0 Å². The fourth-order valence-electron chi connectivity index (χ4n) is 2.14. The molecule has 0 N–H and O–H groups in total. The summed E-state index contributed by atoms with van der Waals surface area (Å²) in [7, 11) is -3.96. The molecular weight excluding hydrogens is 271 g/mol. The molecular formula is C12H15FN2O3S. The van der Waals surface area contributed by atoms with Gasteiger partial charge in [-0.3, -0.25) is 4.79 Å². The predicted molar refractivity (Wildman–Crippen MR) is 66.4 cm³/mol. The molecule has 1 aromatic rings. The summed E-state index contributed by atoms with van der Waals surface area (Å²) in [4.78, 5) is 15.2. The van der Waals surface area contributed by atoms with E-state index in [9.17, 15) is 17.6 Å². The SMILES string of the molecule is CCC1CN(S(=O)(=O)c2ncccc2F)CCC1=O. The Balaban J connectivity index is 2.31. The molecule has 1 aromatic heterocycles. The Labute approximate surface area is 111 Å². The normalized spacial score (nSPS) is 21.6. The molecule has 1 unspecified atom stereocenters. The maximum absolute atomic E-state index is 13.6. The number of halogens is 1. The first-order valence-corrected chi connectivity index (χ1v) is 7.54. The van der Waals surface area contributed by atoms with Gasteiger partial charge >= 0.3 is 0 Å². The van der Waals surface area contributed by atoms with Crippen molar-refractivity contribution in [1.29, 1.82) is 0 Å². The minimum absolute atomic E-state index is 0.0652. The lowest BCUT2D eigenvalue weighted by Gasteiger charge is -2.30. The van der Waals surface area contributed by atoms with E-state index >= 15 is 0 Å². The van der Waals surface area contributed by atoms with Crippen molar-refractivity contribution in [3.8, 4) is 0 Å². The standard InChI is InChI=1S/C12H15FN2O3S/c1-2-9-8-15(7-5-11(9)16)19(17,18)12-10(13)4-3-6-14-12/h3-4,6,9H,2,5,7-8H2,1H3. The highest BCUT2D eigenvalue weighted by atomic mass is 32.2. The van der Waals surface area contributed by atoms with E-state index in [2.05, 4.69) is 4.98 Å². The van der Waals surface area contributed by atoms with Crippen LogP contribution in [-0.2, 0) is 14.8 Å². The molecule has 0 spiro atoms. The van der Waals surface area contributed by atoms with Crippen LogP contribution in [0.5, 0.6) is 0 Å². The molecule has 1 fully saturated rings. The molecule has 104 valence electrons. The van der Waals surface area contributed by atoms with Gasteiger partial charge in [0.05, 0.1) is 0 Å². The first kappa shape index (κ1) is 14.1. The van der Waals surface area contributed by atoms with Crippen molar-refractivity contribution in [2.45, 2.75) is 24.8 Å². The second-order valence-corrected chi connectivity index (χ2v) is 6.33. The lowest BCUT2D eigenvalue weighted by atomic mass is 9.96. The summed E-state index contributed by atoms with van der Waals surface area (Å²) in [6.45, 7) is 2.03. The molecule has 19 heavy (non-hydrogen) atoms. The number of nitrogens with zero attached hydrogens (tertiary/aromatic N) is 2. The quantitative estimate of drug-likeness (QED) is 0.837. The van der Waals surface area contributed by atoms with Crippen molar-refractivity contribution in [3.63, 3.8) is 0 Å². The molecule has 2 rings (SSSR count). The van der Waals surface area contributed by atoms with Gasteiger partial charge in [0, 0.05) is 31.6 Å². The summed E-state index contributed by atoms with van der Waals surface area (Å²) < 4.78 is 39.3. The van der Waals surface area contributed by atoms with Gasteiger partial charge in [0.25, 0.3) is 10.0 Å². The van der Waals surface area contributed by atoms with Crippen molar-refractivity contribution in [2.24, 2.45) is 5.92 Å². The van der Waals surface area contributed by atoms with Crippen molar-refractivity contribution in [1.82, 2.24) is 9.29 Å². The Kier molecular flexibility index (Phi) is 3.96. The van der Waals surface area contributed by atoms with E-state index in [1.807, 2.05) is 6.92 Å². The highest BCUT2D eigenvalue weighted by Gasteiger charge is 2.35. The molecule has 1 aliphatic heterocycles. The molecule has 0 radical (unpaired) electrons. The molecule has 1 aliphatic rings. The Hall–Kier alpha value is -1.34. The number of piperidine rings is 1. The topological polar surface area (TPSA) is 67.3 Å². The molecule has 2 heterocycles. The minimum Gasteiger partial charge on any atom is -0.299 e. The van der Waals surface area contributed by atoms with Crippen LogP contribution in [0.4, 0.5) is 4.39 Å². The average molecular weight is 286 g/mol. The Morgan fingerprint density at radius 1 is 1.53 bits per heavy atom. The van der Waals surface area contributed by atoms with Crippen LogP contribution in [0.3, 0.4) is 0 Å². The molecule has 0 aromatic carbocycles. The van der Waals surface area contributed by atoms with E-state index < -0.39 is 20.9 Å². The molecule has 0 amide bonds. The van der Waals surface area contributed by atoms with E-state index in [1.165, 1.54) is 12.3 Å². The van der Waals surface area contributed by atoms with E-state index in [1.54, 1.807) is 0 Å². The molecule has 0 aliphatic carbocycles. The summed E-state index contributed by atoms with van der Waals surface area (Å²) in [6.07, 6.45) is 1.99. The molecule has 1 saturated heterocycles. The highest BCUT2D eigenvalue weighted by Crippen LogP contribution is 2.23. The van der Waals surface area contributed by atoms with E-state index in [0.29, 0.717) is 6.42 Å². The lowest BCUT2D eigenvalue weighted by Crippen LogP contribution is -2.44. The van der Waals surface area contributed by atoms with Gasteiger partial charge in [-0.2, -0.15) is 4.31 Å². The third-order valence-corrected chi connectivity index (χ3v) is 5.09. The van der Waals surface area contributed by atoms with Crippen LogP contribution < -0.4 is 0 Å². The number of ketones is 1. The molecule has 1 atom stereocenters. The number of hydrogen-bond acceptors (Lipinski definition) is 4. The van der Waals surface area contributed by atoms with Gasteiger partial charge in [0.2, 0.25) is 5.03 Å². The maximum Gasteiger partial charge on any atom is 0.263 e. The minimum atomic E-state index is -3.96. The Morgan fingerprint density at radius 3 is 2.89 bits per heavy atom. The second kappa shape index (κ2) is 5.34. The maximum atomic E-state index is 13.6. The van der Waals surface area contributed by atoms with Crippen LogP contribution >= 0.6 is 0 Å². The first-order valence-electron chi connectivity index (χ1n) is 6.10. The monoisotopic (exact) mass is 286 g/mol. The largest absolute Gasteiger partial charge is 0.299 e. The third kappa shape index (κ3) is 2.66. The Bertz CT molecular complexity index is 588. The predicted octanol–water partition coefficient (Wildman–Crippen LogP) is 1.21. The molecule has 5 nitrogen and oxygen atoms in total. The van der Waals surface area contributed by atoms with Gasteiger partial charge in [-0.25, -0.2) is 17.8 Å². The Morgan fingerprint density at radius 2 is 2.26 bits per heavy atom.